The number of imide groups is 1. The number of nitrogens with zero attached hydrogens (tertiary/aromatic N) is 1. The zero-order valence-electron chi connectivity index (χ0n) is 14.6. The van der Waals surface area contributed by atoms with Gasteiger partial charge in [0.15, 0.2) is 6.61 Å². The molecule has 2 aromatic carbocycles. The largest absolute Gasteiger partial charge is 0.496 e. The molecule has 2 aromatic rings. The Morgan fingerprint density at radius 2 is 1.74 bits per heavy atom. The van der Waals surface area contributed by atoms with E-state index in [1.54, 1.807) is 18.2 Å². The molecule has 0 unspecified atom stereocenters. The maximum Gasteiger partial charge on any atom is 0.345 e. The molecule has 9 nitrogen and oxygen atoms in total. The van der Waals surface area contributed by atoms with E-state index in [2.05, 4.69) is 5.32 Å². The molecule has 0 aliphatic heterocycles. The summed E-state index contributed by atoms with van der Waals surface area (Å²) in [7, 11) is 1.38. The Kier molecular flexibility index (Phi) is 6.21. The van der Waals surface area contributed by atoms with Crippen LogP contribution in [0.25, 0.3) is 0 Å². The predicted octanol–water partition coefficient (Wildman–Crippen LogP) is 2.03. The predicted molar refractivity (Wildman–Crippen MR) is 93.6 cm³/mol. The number of rotatable bonds is 6. The smallest absolute Gasteiger partial charge is 0.345 e. The van der Waals surface area contributed by atoms with Crippen molar-refractivity contribution < 1.29 is 28.8 Å². The highest BCUT2D eigenvalue weighted by molar-refractivity contribution is 6.07. The number of amides is 2. The van der Waals surface area contributed by atoms with Crippen molar-refractivity contribution in [1.82, 2.24) is 5.32 Å². The first-order chi connectivity index (χ1) is 12.8. The second-order valence-corrected chi connectivity index (χ2v) is 5.38. The molecule has 0 atom stereocenters. The van der Waals surface area contributed by atoms with E-state index in [1.807, 2.05) is 0 Å². The molecule has 0 heterocycles. The van der Waals surface area contributed by atoms with Gasteiger partial charge in [-0.25, -0.2) is 4.79 Å². The monoisotopic (exact) mass is 372 g/mol. The van der Waals surface area contributed by atoms with Gasteiger partial charge in [0, 0.05) is 5.56 Å². The minimum absolute atomic E-state index is 0.133. The van der Waals surface area contributed by atoms with E-state index in [0.29, 0.717) is 0 Å². The zero-order chi connectivity index (χ0) is 20.0. The lowest BCUT2D eigenvalue weighted by Gasteiger charge is -2.09. The van der Waals surface area contributed by atoms with Crippen LogP contribution in [0.3, 0.4) is 0 Å². The second kappa shape index (κ2) is 8.56. The minimum Gasteiger partial charge on any atom is -0.496 e. The number of nitro groups is 1. The van der Waals surface area contributed by atoms with Gasteiger partial charge in [-0.1, -0.05) is 24.3 Å². The van der Waals surface area contributed by atoms with Gasteiger partial charge in [0.05, 0.1) is 17.6 Å². The molecule has 27 heavy (non-hydrogen) atoms. The summed E-state index contributed by atoms with van der Waals surface area (Å²) in [4.78, 5) is 46.4. The number of methoxy groups -OCH3 is 1. The highest BCUT2D eigenvalue weighted by Crippen LogP contribution is 2.23. The van der Waals surface area contributed by atoms with Crippen molar-refractivity contribution in [3.63, 3.8) is 0 Å². The van der Waals surface area contributed by atoms with Crippen molar-refractivity contribution in [2.45, 2.75) is 6.92 Å². The Bertz CT molecular complexity index is 908. The molecule has 0 aliphatic carbocycles. The summed E-state index contributed by atoms with van der Waals surface area (Å²) in [5.41, 5.74) is -0.254. The molecular weight excluding hydrogens is 356 g/mol. The van der Waals surface area contributed by atoms with Gasteiger partial charge in [-0.05, 0) is 25.1 Å². The Morgan fingerprint density at radius 1 is 1.07 bits per heavy atom. The number of nitro benzene ring substituents is 1. The van der Waals surface area contributed by atoms with Crippen LogP contribution in [0.2, 0.25) is 0 Å². The standard InChI is InChI=1S/C18H16N2O7/c1-11-6-5-8-13(16(11)20(24)25)18(23)27-10-15(21)19-17(22)12-7-3-4-9-14(12)26-2/h3-9H,10H2,1-2H3,(H,19,21,22). The van der Waals surface area contributed by atoms with E-state index < -0.39 is 35.0 Å². The fourth-order valence-electron chi connectivity index (χ4n) is 2.34. The second-order valence-electron chi connectivity index (χ2n) is 5.38. The summed E-state index contributed by atoms with van der Waals surface area (Å²) in [6.45, 7) is 0.707. The highest BCUT2D eigenvalue weighted by Gasteiger charge is 2.24. The quantitative estimate of drug-likeness (QED) is 0.467. The molecule has 1 N–H and O–H groups in total. The summed E-state index contributed by atoms with van der Waals surface area (Å²) in [5.74, 6) is -2.37. The summed E-state index contributed by atoms with van der Waals surface area (Å²) in [5, 5.41) is 13.2. The molecule has 2 amide bonds. The number of hydrogen-bond acceptors (Lipinski definition) is 7. The van der Waals surface area contributed by atoms with Gasteiger partial charge in [-0.15, -0.1) is 0 Å². The molecule has 140 valence electrons. The van der Waals surface area contributed by atoms with E-state index in [0.717, 1.165) is 0 Å². The van der Waals surface area contributed by atoms with Crippen molar-refractivity contribution in [2.24, 2.45) is 0 Å². The summed E-state index contributed by atoms with van der Waals surface area (Å²) >= 11 is 0. The SMILES string of the molecule is COc1ccccc1C(=O)NC(=O)COC(=O)c1cccc(C)c1[N+](=O)[O-]. The molecule has 9 heteroatoms. The van der Waals surface area contributed by atoms with E-state index in [1.165, 1.54) is 38.3 Å². The van der Waals surface area contributed by atoms with Gasteiger partial charge < -0.3 is 9.47 Å². The average Bonchev–Trinajstić information content (AvgIpc) is 2.65. The van der Waals surface area contributed by atoms with Crippen molar-refractivity contribution in [1.29, 1.82) is 0 Å². The number of carbonyl (C=O) groups is 3. The van der Waals surface area contributed by atoms with Gasteiger partial charge >= 0.3 is 5.97 Å². The van der Waals surface area contributed by atoms with Crippen LogP contribution < -0.4 is 10.1 Å². The first-order valence-corrected chi connectivity index (χ1v) is 7.73. The molecule has 0 fully saturated rings. The van der Waals surface area contributed by atoms with E-state index in [4.69, 9.17) is 9.47 Å². The molecule has 2 rings (SSSR count). The topological polar surface area (TPSA) is 125 Å². The third kappa shape index (κ3) is 4.66. The molecule has 0 saturated heterocycles. The molecule has 0 radical (unpaired) electrons. The third-order valence-corrected chi connectivity index (χ3v) is 3.58. The van der Waals surface area contributed by atoms with Crippen LogP contribution in [-0.4, -0.2) is 36.4 Å². The van der Waals surface area contributed by atoms with Crippen LogP contribution >= 0.6 is 0 Å². The van der Waals surface area contributed by atoms with Crippen LogP contribution in [0.1, 0.15) is 26.3 Å². The number of hydrogen-bond donors (Lipinski definition) is 1. The molecule has 0 aliphatic rings. The van der Waals surface area contributed by atoms with E-state index in [9.17, 15) is 24.5 Å². The number of nitrogens with one attached hydrogen (secondary N) is 1. The van der Waals surface area contributed by atoms with E-state index in [-0.39, 0.29) is 22.4 Å². The Labute approximate surface area is 154 Å². The van der Waals surface area contributed by atoms with Crippen LogP contribution in [-0.2, 0) is 9.53 Å². The molecule has 0 saturated carbocycles. The lowest BCUT2D eigenvalue weighted by atomic mass is 10.1. The minimum atomic E-state index is -1.04. The normalized spacial score (nSPS) is 10.0. The number of benzene rings is 2. The fraction of sp³-hybridized carbons (Fsp3) is 0.167. The van der Waals surface area contributed by atoms with E-state index >= 15 is 0 Å². The number of aryl methyl sites for hydroxylation is 1. The lowest BCUT2D eigenvalue weighted by molar-refractivity contribution is -0.385. The van der Waals surface area contributed by atoms with Gasteiger partial charge in [-0.3, -0.25) is 25.0 Å². The van der Waals surface area contributed by atoms with Crippen LogP contribution in [0.15, 0.2) is 42.5 Å². The van der Waals surface area contributed by atoms with Crippen molar-refractivity contribution in [3.05, 3.63) is 69.3 Å². The summed E-state index contributed by atoms with van der Waals surface area (Å²) < 4.78 is 9.82. The molecule has 0 bridgehead atoms. The Balaban J connectivity index is 2.02. The molecular formula is C18H16N2O7. The number of esters is 1. The first kappa shape index (κ1) is 19.6. The number of ether oxygens (including phenoxy) is 2. The van der Waals surface area contributed by atoms with Crippen molar-refractivity contribution in [2.75, 3.05) is 13.7 Å². The summed E-state index contributed by atoms with van der Waals surface area (Å²) in [6, 6.07) is 10.4. The van der Waals surface area contributed by atoms with Gasteiger partial charge in [0.25, 0.3) is 17.5 Å². The Morgan fingerprint density at radius 3 is 2.41 bits per heavy atom. The highest BCUT2D eigenvalue weighted by atomic mass is 16.6. The van der Waals surface area contributed by atoms with Crippen LogP contribution in [0.5, 0.6) is 5.75 Å². The first-order valence-electron chi connectivity index (χ1n) is 7.73. The van der Waals surface area contributed by atoms with Gasteiger partial charge in [0.1, 0.15) is 11.3 Å². The third-order valence-electron chi connectivity index (χ3n) is 3.58. The van der Waals surface area contributed by atoms with Crippen molar-refractivity contribution in [3.8, 4) is 5.75 Å². The summed E-state index contributed by atoms with van der Waals surface area (Å²) in [6.07, 6.45) is 0. The fourth-order valence-corrected chi connectivity index (χ4v) is 2.34. The number of para-hydroxylation sites is 2. The lowest BCUT2D eigenvalue weighted by Crippen LogP contribution is -2.34. The number of carbonyl (C=O) groups excluding carboxylic acids is 3. The van der Waals surface area contributed by atoms with Crippen molar-refractivity contribution >= 4 is 23.5 Å². The van der Waals surface area contributed by atoms with Gasteiger partial charge in [-0.2, -0.15) is 0 Å². The molecule has 0 spiro atoms. The maximum absolute atomic E-state index is 12.1. The Hall–Kier alpha value is -3.75. The zero-order valence-corrected chi connectivity index (χ0v) is 14.6. The van der Waals surface area contributed by atoms with Crippen LogP contribution in [0.4, 0.5) is 5.69 Å². The average molecular weight is 372 g/mol. The molecule has 0 aromatic heterocycles. The van der Waals surface area contributed by atoms with Crippen LogP contribution in [0, 0.1) is 17.0 Å². The maximum atomic E-state index is 12.1. The van der Waals surface area contributed by atoms with Gasteiger partial charge in [0.2, 0.25) is 0 Å².